The fraction of sp³-hybridized carbons (Fsp3) is 0.0303. The number of carbonyl (C=O) groups excluding carboxylic acids is 2. The van der Waals surface area contributed by atoms with E-state index in [1.165, 1.54) is 24.3 Å². The molecule has 0 saturated carbocycles. The zero-order valence-electron chi connectivity index (χ0n) is 21.0. The molecule has 0 fully saturated rings. The van der Waals surface area contributed by atoms with Crippen LogP contribution in [-0.2, 0) is 9.59 Å². The minimum atomic E-state index is -1.53. The van der Waals surface area contributed by atoms with Crippen LogP contribution < -0.4 is 0 Å². The minimum Gasteiger partial charge on any atom is -0.508 e. The van der Waals surface area contributed by atoms with Crippen molar-refractivity contribution in [2.45, 2.75) is 6.10 Å². The molecule has 5 N–H and O–H groups in total. The molecule has 3 aromatic carbocycles. The van der Waals surface area contributed by atoms with E-state index < -0.39 is 57.4 Å². The molecule has 0 heterocycles. The molecule has 0 radical (unpaired) electrons. The number of phenols is 2. The van der Waals surface area contributed by atoms with E-state index in [9.17, 15) is 35.1 Å². The van der Waals surface area contributed by atoms with Crippen LogP contribution >= 0.6 is 0 Å². The Kier molecular flexibility index (Phi) is 7.05. The van der Waals surface area contributed by atoms with E-state index in [0.29, 0.717) is 11.1 Å². The lowest BCUT2D eigenvalue weighted by atomic mass is 9.91. The second-order valence-electron chi connectivity index (χ2n) is 9.23. The number of aliphatic hydroxyl groups excluding tert-OH is 3. The van der Waals surface area contributed by atoms with Crippen molar-refractivity contribution in [3.05, 3.63) is 142 Å². The molecule has 2 aliphatic carbocycles. The van der Waals surface area contributed by atoms with Gasteiger partial charge < -0.3 is 25.5 Å². The van der Waals surface area contributed by atoms with Crippen LogP contribution in [0, 0.1) is 0 Å². The zero-order chi connectivity index (χ0) is 28.4. The van der Waals surface area contributed by atoms with Crippen LogP contribution in [0.5, 0.6) is 11.5 Å². The van der Waals surface area contributed by atoms with Crippen LogP contribution in [-0.4, -0.2) is 43.2 Å². The molecule has 3 aromatic rings. The van der Waals surface area contributed by atoms with Gasteiger partial charge in [0.2, 0.25) is 11.6 Å². The van der Waals surface area contributed by atoms with Gasteiger partial charge in [0, 0.05) is 5.57 Å². The van der Waals surface area contributed by atoms with Gasteiger partial charge in [-0.1, -0.05) is 85.0 Å². The number of benzene rings is 3. The van der Waals surface area contributed by atoms with Crippen LogP contribution in [0.25, 0.3) is 23.8 Å². The van der Waals surface area contributed by atoms with Crippen molar-refractivity contribution >= 4 is 35.4 Å². The maximum atomic E-state index is 13.0. The maximum absolute atomic E-state index is 13.0. The highest BCUT2D eigenvalue weighted by Gasteiger charge is 2.43. The van der Waals surface area contributed by atoms with E-state index >= 15 is 0 Å². The molecule has 0 spiro atoms. The summed E-state index contributed by atoms with van der Waals surface area (Å²) in [6.45, 7) is 0. The maximum Gasteiger partial charge on any atom is 0.238 e. The molecule has 0 bridgehead atoms. The summed E-state index contributed by atoms with van der Waals surface area (Å²) >= 11 is 0. The molecule has 1 unspecified atom stereocenters. The van der Waals surface area contributed by atoms with Gasteiger partial charge in [0.25, 0.3) is 0 Å². The molecule has 7 heteroatoms. The van der Waals surface area contributed by atoms with Crippen molar-refractivity contribution in [1.82, 2.24) is 0 Å². The Hall–Kier alpha value is -5.40. The lowest BCUT2D eigenvalue weighted by Crippen LogP contribution is -2.20. The quantitative estimate of drug-likeness (QED) is 0.168. The SMILES string of the molecule is O=C1C(=O)C(c2c(O)cc(C=Cc3ccccc3)cc2O)=C(O)C1=C1C(O)=CC(C=Cc2ccccc2)=CC1O. The first kappa shape index (κ1) is 26.2. The Morgan fingerprint density at radius 1 is 0.625 bits per heavy atom. The van der Waals surface area contributed by atoms with Crippen molar-refractivity contribution in [2.75, 3.05) is 0 Å². The normalized spacial score (nSPS) is 19.6. The Labute approximate surface area is 229 Å². The smallest absolute Gasteiger partial charge is 0.238 e. The van der Waals surface area contributed by atoms with Crippen LogP contribution in [0.3, 0.4) is 0 Å². The molecule has 0 saturated heterocycles. The van der Waals surface area contributed by atoms with Crippen LogP contribution in [0.2, 0.25) is 0 Å². The Bertz CT molecular complexity index is 1680. The monoisotopic (exact) mass is 532 g/mol. The molecule has 198 valence electrons. The highest BCUT2D eigenvalue weighted by Crippen LogP contribution is 2.43. The van der Waals surface area contributed by atoms with E-state index in [2.05, 4.69) is 0 Å². The largest absolute Gasteiger partial charge is 0.508 e. The van der Waals surface area contributed by atoms with Crippen LogP contribution in [0.15, 0.2) is 119 Å². The predicted molar refractivity (Wildman–Crippen MR) is 152 cm³/mol. The van der Waals surface area contributed by atoms with E-state index in [-0.39, 0.29) is 5.57 Å². The number of allylic oxidation sites excluding steroid dienone is 5. The number of aromatic hydroxyl groups is 2. The molecule has 7 nitrogen and oxygen atoms in total. The zero-order valence-corrected chi connectivity index (χ0v) is 21.0. The first-order valence-corrected chi connectivity index (χ1v) is 12.3. The van der Waals surface area contributed by atoms with Crippen molar-refractivity contribution < 1.29 is 35.1 Å². The summed E-state index contributed by atoms with van der Waals surface area (Å²) in [5.41, 5.74) is 0.595. The van der Waals surface area contributed by atoms with Crippen molar-refractivity contribution in [3.63, 3.8) is 0 Å². The highest BCUT2D eigenvalue weighted by atomic mass is 16.3. The number of hydrogen-bond donors (Lipinski definition) is 5. The highest BCUT2D eigenvalue weighted by molar-refractivity contribution is 6.63. The third-order valence-corrected chi connectivity index (χ3v) is 6.53. The van der Waals surface area contributed by atoms with E-state index in [1.807, 2.05) is 60.7 Å². The Morgan fingerprint density at radius 2 is 1.12 bits per heavy atom. The van der Waals surface area contributed by atoms with Crippen molar-refractivity contribution in [2.24, 2.45) is 0 Å². The Morgan fingerprint density at radius 3 is 1.68 bits per heavy atom. The van der Waals surface area contributed by atoms with Gasteiger partial charge in [-0.2, -0.15) is 0 Å². The van der Waals surface area contributed by atoms with Gasteiger partial charge in [0.15, 0.2) is 0 Å². The number of aliphatic hydroxyl groups is 3. The van der Waals surface area contributed by atoms with Gasteiger partial charge >= 0.3 is 0 Å². The molecule has 5 rings (SSSR count). The first-order chi connectivity index (χ1) is 19.2. The molecule has 1 atom stereocenters. The van der Waals surface area contributed by atoms with E-state index in [4.69, 9.17) is 0 Å². The van der Waals surface area contributed by atoms with Crippen molar-refractivity contribution in [3.8, 4) is 11.5 Å². The average Bonchev–Trinajstić information content (AvgIpc) is 3.15. The summed E-state index contributed by atoms with van der Waals surface area (Å²) in [7, 11) is 0. The minimum absolute atomic E-state index is 0.357. The summed E-state index contributed by atoms with van der Waals surface area (Å²) in [6, 6.07) is 21.2. The third kappa shape index (κ3) is 5.01. The van der Waals surface area contributed by atoms with Gasteiger partial charge in [-0.15, -0.1) is 0 Å². The van der Waals surface area contributed by atoms with Crippen LogP contribution in [0.4, 0.5) is 0 Å². The van der Waals surface area contributed by atoms with E-state index in [1.54, 1.807) is 24.3 Å². The number of rotatable bonds is 5. The predicted octanol–water partition coefficient (Wildman–Crippen LogP) is 5.44. The fourth-order valence-corrected chi connectivity index (χ4v) is 4.63. The average molecular weight is 533 g/mol. The molecule has 0 aromatic heterocycles. The summed E-state index contributed by atoms with van der Waals surface area (Å²) in [5, 5.41) is 53.8. The molecule has 0 aliphatic heterocycles. The van der Waals surface area contributed by atoms with E-state index in [0.717, 1.165) is 11.1 Å². The van der Waals surface area contributed by atoms with Crippen LogP contribution in [0.1, 0.15) is 22.3 Å². The number of ketones is 2. The summed E-state index contributed by atoms with van der Waals surface area (Å²) < 4.78 is 0. The molecule has 40 heavy (non-hydrogen) atoms. The van der Waals surface area contributed by atoms with Gasteiger partial charge in [-0.05, 0) is 46.5 Å². The summed E-state index contributed by atoms with van der Waals surface area (Å²) in [6.07, 6.45) is 7.94. The molecule has 0 amide bonds. The van der Waals surface area contributed by atoms with Gasteiger partial charge in [-0.3, -0.25) is 9.59 Å². The van der Waals surface area contributed by atoms with Crippen molar-refractivity contribution in [1.29, 1.82) is 0 Å². The number of Topliss-reactive ketones (excluding diaryl/α,β-unsaturated/α-hetero) is 2. The number of phenolic OH excluding ortho intramolecular Hbond substituents is 2. The summed E-state index contributed by atoms with van der Waals surface area (Å²) in [5.74, 6) is -4.85. The first-order valence-electron chi connectivity index (χ1n) is 12.3. The lowest BCUT2D eigenvalue weighted by Gasteiger charge is -2.19. The lowest BCUT2D eigenvalue weighted by molar-refractivity contribution is -0.130. The molecule has 2 aliphatic rings. The third-order valence-electron chi connectivity index (χ3n) is 6.53. The van der Waals surface area contributed by atoms with Gasteiger partial charge in [0.1, 0.15) is 29.1 Å². The number of carbonyl (C=O) groups is 2. The molecular weight excluding hydrogens is 508 g/mol. The topological polar surface area (TPSA) is 135 Å². The second kappa shape index (κ2) is 10.8. The Balaban J connectivity index is 1.51. The van der Waals surface area contributed by atoms with Gasteiger partial charge in [-0.25, -0.2) is 0 Å². The van der Waals surface area contributed by atoms with Gasteiger partial charge in [0.05, 0.1) is 16.7 Å². The standard InChI is InChI=1S/C33H24O7/c34-23-15-21(13-11-19-7-3-1-4-8-19)16-24(35)27(23)29-31(38)30(33(40)32(29)39)28-25(36)17-22(18-26(28)37)14-12-20-9-5-2-6-10-20/h1-18,23,34-38H. The summed E-state index contributed by atoms with van der Waals surface area (Å²) in [4.78, 5) is 25.9. The molecular formula is C33H24O7. The fourth-order valence-electron chi connectivity index (χ4n) is 4.63. The number of hydrogen-bond acceptors (Lipinski definition) is 7. The second-order valence-corrected chi connectivity index (χ2v) is 9.23.